The minimum absolute atomic E-state index is 0.103. The normalized spacial score (nSPS) is 18.3. The van der Waals surface area contributed by atoms with Gasteiger partial charge >= 0.3 is 0 Å². The van der Waals surface area contributed by atoms with Gasteiger partial charge in [-0.1, -0.05) is 46.3 Å². The summed E-state index contributed by atoms with van der Waals surface area (Å²) in [4.78, 5) is 25.9. The predicted molar refractivity (Wildman–Crippen MR) is 84.9 cm³/mol. The van der Waals surface area contributed by atoms with Gasteiger partial charge in [0.15, 0.2) is 0 Å². The van der Waals surface area contributed by atoms with Crippen LogP contribution in [0.4, 0.5) is 5.69 Å². The molecule has 0 bridgehead atoms. The van der Waals surface area contributed by atoms with E-state index >= 15 is 0 Å². The molecule has 0 radical (unpaired) electrons. The van der Waals surface area contributed by atoms with Gasteiger partial charge in [0.05, 0.1) is 11.6 Å². The average molecular weight is 344 g/mol. The zero-order valence-corrected chi connectivity index (χ0v) is 12.9. The number of imide groups is 1. The van der Waals surface area contributed by atoms with E-state index in [1.807, 2.05) is 42.5 Å². The van der Waals surface area contributed by atoms with E-state index in [0.29, 0.717) is 12.1 Å². The number of benzene rings is 2. The first kappa shape index (κ1) is 14.0. The molecular formula is C17H14BrNO2. The van der Waals surface area contributed by atoms with E-state index in [-0.39, 0.29) is 24.2 Å². The van der Waals surface area contributed by atoms with Crippen LogP contribution in [0.1, 0.15) is 12.0 Å². The van der Waals surface area contributed by atoms with Crippen LogP contribution in [0, 0.1) is 5.92 Å². The van der Waals surface area contributed by atoms with E-state index in [9.17, 15) is 9.59 Å². The Balaban J connectivity index is 1.79. The molecule has 106 valence electrons. The first-order valence-corrected chi connectivity index (χ1v) is 7.61. The molecule has 1 fully saturated rings. The Labute approximate surface area is 131 Å². The highest BCUT2D eigenvalue weighted by Crippen LogP contribution is 2.28. The number of rotatable bonds is 3. The van der Waals surface area contributed by atoms with Crippen LogP contribution in [0.3, 0.4) is 0 Å². The molecule has 1 saturated heterocycles. The zero-order valence-electron chi connectivity index (χ0n) is 11.3. The smallest absolute Gasteiger partial charge is 0.237 e. The van der Waals surface area contributed by atoms with Crippen LogP contribution in [0.5, 0.6) is 0 Å². The van der Waals surface area contributed by atoms with Crippen LogP contribution in [0.25, 0.3) is 0 Å². The van der Waals surface area contributed by atoms with Gasteiger partial charge in [-0.2, -0.15) is 0 Å². The topological polar surface area (TPSA) is 37.4 Å². The maximum absolute atomic E-state index is 12.5. The van der Waals surface area contributed by atoms with E-state index < -0.39 is 0 Å². The van der Waals surface area contributed by atoms with E-state index in [1.54, 1.807) is 12.1 Å². The van der Waals surface area contributed by atoms with Crippen LogP contribution in [-0.4, -0.2) is 11.8 Å². The predicted octanol–water partition coefficient (Wildman–Crippen LogP) is 3.57. The largest absolute Gasteiger partial charge is 0.274 e. The second-order valence-corrected chi connectivity index (χ2v) is 6.05. The summed E-state index contributed by atoms with van der Waals surface area (Å²) < 4.78 is 1.01. The lowest BCUT2D eigenvalue weighted by Crippen LogP contribution is -2.30. The van der Waals surface area contributed by atoms with Crippen molar-refractivity contribution in [1.29, 1.82) is 0 Å². The van der Waals surface area contributed by atoms with Gasteiger partial charge in [0.1, 0.15) is 0 Å². The fourth-order valence-corrected chi connectivity index (χ4v) is 2.87. The van der Waals surface area contributed by atoms with E-state index in [4.69, 9.17) is 0 Å². The lowest BCUT2D eigenvalue weighted by Gasteiger charge is -2.14. The Hall–Kier alpha value is -1.94. The third kappa shape index (κ3) is 2.90. The van der Waals surface area contributed by atoms with Gasteiger partial charge in [-0.05, 0) is 36.2 Å². The number of hydrogen-bond donors (Lipinski definition) is 0. The van der Waals surface area contributed by atoms with Crippen molar-refractivity contribution in [1.82, 2.24) is 0 Å². The fourth-order valence-electron chi connectivity index (χ4n) is 2.61. The summed E-state index contributed by atoms with van der Waals surface area (Å²) in [6, 6.07) is 17.0. The van der Waals surface area contributed by atoms with E-state index in [2.05, 4.69) is 15.9 Å². The van der Waals surface area contributed by atoms with Crippen LogP contribution in [0.2, 0.25) is 0 Å². The highest BCUT2D eigenvalue weighted by molar-refractivity contribution is 9.10. The zero-order chi connectivity index (χ0) is 14.8. The number of carbonyl (C=O) groups excluding carboxylic acids is 2. The minimum atomic E-state index is -0.265. The highest BCUT2D eigenvalue weighted by Gasteiger charge is 2.39. The molecule has 1 heterocycles. The Kier molecular flexibility index (Phi) is 3.88. The van der Waals surface area contributed by atoms with Crippen LogP contribution in [0.15, 0.2) is 59.1 Å². The molecule has 0 spiro atoms. The number of para-hydroxylation sites is 1. The summed E-state index contributed by atoms with van der Waals surface area (Å²) in [5, 5.41) is 0. The van der Waals surface area contributed by atoms with Crippen molar-refractivity contribution in [3.63, 3.8) is 0 Å². The molecule has 1 atom stereocenters. The van der Waals surface area contributed by atoms with Crippen molar-refractivity contribution in [2.24, 2.45) is 5.92 Å². The molecule has 3 rings (SSSR count). The summed E-state index contributed by atoms with van der Waals surface area (Å²) in [7, 11) is 0. The maximum atomic E-state index is 12.5. The molecule has 1 aliphatic rings. The van der Waals surface area contributed by atoms with E-state index in [1.165, 1.54) is 4.90 Å². The summed E-state index contributed by atoms with van der Waals surface area (Å²) in [6.45, 7) is 0. The Morgan fingerprint density at radius 3 is 2.33 bits per heavy atom. The van der Waals surface area contributed by atoms with Gasteiger partial charge in [-0.3, -0.25) is 14.5 Å². The van der Waals surface area contributed by atoms with Crippen molar-refractivity contribution < 1.29 is 9.59 Å². The Morgan fingerprint density at radius 1 is 1.00 bits per heavy atom. The lowest BCUT2D eigenvalue weighted by atomic mass is 9.98. The van der Waals surface area contributed by atoms with Crippen LogP contribution >= 0.6 is 15.9 Å². The summed E-state index contributed by atoms with van der Waals surface area (Å²) in [5.41, 5.74) is 1.73. The average Bonchev–Trinajstić information content (AvgIpc) is 2.77. The molecule has 4 heteroatoms. The maximum Gasteiger partial charge on any atom is 0.237 e. The molecule has 0 aliphatic carbocycles. The Morgan fingerprint density at radius 2 is 1.67 bits per heavy atom. The van der Waals surface area contributed by atoms with Crippen molar-refractivity contribution >= 4 is 33.4 Å². The molecule has 3 nitrogen and oxygen atoms in total. The first-order valence-electron chi connectivity index (χ1n) is 6.81. The molecule has 1 aliphatic heterocycles. The highest BCUT2D eigenvalue weighted by atomic mass is 79.9. The van der Waals surface area contributed by atoms with Crippen LogP contribution in [-0.2, 0) is 16.0 Å². The molecule has 21 heavy (non-hydrogen) atoms. The van der Waals surface area contributed by atoms with Crippen molar-refractivity contribution in [3.05, 3.63) is 64.6 Å². The van der Waals surface area contributed by atoms with Gasteiger partial charge in [0.25, 0.3) is 0 Å². The first-order chi connectivity index (χ1) is 10.1. The van der Waals surface area contributed by atoms with Gasteiger partial charge in [-0.25, -0.2) is 0 Å². The molecule has 0 saturated carbocycles. The number of carbonyl (C=O) groups is 2. The summed E-state index contributed by atoms with van der Waals surface area (Å²) >= 11 is 3.39. The number of amides is 2. The molecule has 0 N–H and O–H groups in total. The van der Waals surface area contributed by atoms with Crippen molar-refractivity contribution in [2.75, 3.05) is 4.90 Å². The Bertz CT molecular complexity index is 667. The van der Waals surface area contributed by atoms with Gasteiger partial charge in [0, 0.05) is 10.9 Å². The third-order valence-corrected chi connectivity index (χ3v) is 4.18. The molecular weight excluding hydrogens is 330 g/mol. The van der Waals surface area contributed by atoms with Crippen molar-refractivity contribution in [3.8, 4) is 0 Å². The molecule has 2 aromatic carbocycles. The van der Waals surface area contributed by atoms with E-state index in [0.717, 1.165) is 10.0 Å². The lowest BCUT2D eigenvalue weighted by molar-refractivity contribution is -0.122. The molecule has 2 amide bonds. The fraction of sp³-hybridized carbons (Fsp3) is 0.176. The van der Waals surface area contributed by atoms with Gasteiger partial charge in [0.2, 0.25) is 11.8 Å². The summed E-state index contributed by atoms with van der Waals surface area (Å²) in [6.07, 6.45) is 0.880. The molecule has 0 unspecified atom stereocenters. The monoisotopic (exact) mass is 343 g/mol. The van der Waals surface area contributed by atoms with Gasteiger partial charge in [-0.15, -0.1) is 0 Å². The van der Waals surface area contributed by atoms with Gasteiger partial charge < -0.3 is 0 Å². The second-order valence-electron chi connectivity index (χ2n) is 5.13. The quantitative estimate of drug-likeness (QED) is 0.799. The minimum Gasteiger partial charge on any atom is -0.274 e. The third-order valence-electron chi connectivity index (χ3n) is 3.65. The van der Waals surface area contributed by atoms with Crippen molar-refractivity contribution in [2.45, 2.75) is 12.8 Å². The number of nitrogens with zero attached hydrogens (tertiary/aromatic N) is 1. The standard InChI is InChI=1S/C17H14BrNO2/c18-14-8-6-12(7-9-14)10-13-11-16(20)19(17(13)21)15-4-2-1-3-5-15/h1-9,13H,10-11H2/t13-/m0/s1. The molecule has 0 aromatic heterocycles. The second kappa shape index (κ2) is 5.82. The number of hydrogen-bond acceptors (Lipinski definition) is 2. The summed E-state index contributed by atoms with van der Waals surface area (Å²) in [5.74, 6) is -0.485. The number of anilines is 1. The molecule has 2 aromatic rings. The van der Waals surface area contributed by atoms with Crippen LogP contribution < -0.4 is 4.90 Å². The number of halogens is 1. The SMILES string of the molecule is O=C1C[C@H](Cc2ccc(Br)cc2)C(=O)N1c1ccccc1.